The lowest BCUT2D eigenvalue weighted by atomic mass is 10.2. The number of aromatic amines is 1. The van der Waals surface area contributed by atoms with E-state index in [2.05, 4.69) is 53.0 Å². The van der Waals surface area contributed by atoms with E-state index in [0.29, 0.717) is 0 Å². The molecule has 21 heavy (non-hydrogen) atoms. The van der Waals surface area contributed by atoms with Crippen LogP contribution in [0.25, 0.3) is 11.0 Å². The second-order valence-electron chi connectivity index (χ2n) is 5.26. The normalized spacial score (nSPS) is 11.0. The largest absolute Gasteiger partial charge is 0.399 e. The molecule has 0 amide bonds. The van der Waals surface area contributed by atoms with E-state index < -0.39 is 0 Å². The number of benzene rings is 2. The van der Waals surface area contributed by atoms with Gasteiger partial charge in [-0.2, -0.15) is 0 Å². The van der Waals surface area contributed by atoms with Crippen molar-refractivity contribution in [2.45, 2.75) is 20.4 Å². The van der Waals surface area contributed by atoms with Crippen molar-refractivity contribution in [3.05, 3.63) is 53.9 Å². The van der Waals surface area contributed by atoms with Crippen molar-refractivity contribution in [2.24, 2.45) is 0 Å². The van der Waals surface area contributed by atoms with E-state index in [1.807, 2.05) is 18.2 Å². The van der Waals surface area contributed by atoms with Crippen LogP contribution in [-0.4, -0.2) is 16.5 Å². The highest BCUT2D eigenvalue weighted by Crippen LogP contribution is 2.22. The highest BCUT2D eigenvalue weighted by Gasteiger charge is 2.10. The molecule has 0 atom stereocenters. The predicted octanol–water partition coefficient (Wildman–Crippen LogP) is 3.48. The molecule has 2 aromatic carbocycles. The number of aryl methyl sites for hydroxylation is 1. The Bertz CT molecular complexity index is 760. The number of rotatable bonds is 4. The summed E-state index contributed by atoms with van der Waals surface area (Å²) in [6, 6.07) is 14.2. The Hall–Kier alpha value is -2.49. The molecule has 3 aromatic rings. The van der Waals surface area contributed by atoms with Gasteiger partial charge >= 0.3 is 0 Å². The average molecular weight is 280 g/mol. The quantitative estimate of drug-likeness (QED) is 0.719. The lowest BCUT2D eigenvalue weighted by Gasteiger charge is -2.23. The van der Waals surface area contributed by atoms with Crippen LogP contribution in [0.3, 0.4) is 0 Å². The maximum Gasteiger partial charge on any atom is 0.126 e. The molecular formula is C17H20N4. The topological polar surface area (TPSA) is 57.9 Å². The number of fused-ring (bicyclic) bond motifs is 1. The van der Waals surface area contributed by atoms with Crippen molar-refractivity contribution in [3.8, 4) is 0 Å². The van der Waals surface area contributed by atoms with E-state index in [1.165, 1.54) is 11.3 Å². The standard InChI is InChI=1S/C17H20N4/c1-3-21(16-7-5-4-6-12(16)2)11-17-19-14-9-8-13(18)10-15(14)20-17/h4-10H,3,11,18H2,1-2H3,(H,19,20). The summed E-state index contributed by atoms with van der Waals surface area (Å²) in [5, 5.41) is 0. The number of nitrogens with zero attached hydrogens (tertiary/aromatic N) is 2. The lowest BCUT2D eigenvalue weighted by Crippen LogP contribution is -2.23. The van der Waals surface area contributed by atoms with Crippen LogP contribution < -0.4 is 10.6 Å². The third-order valence-corrected chi connectivity index (χ3v) is 3.73. The number of hydrogen-bond acceptors (Lipinski definition) is 3. The summed E-state index contributed by atoms with van der Waals surface area (Å²) >= 11 is 0. The van der Waals surface area contributed by atoms with Gasteiger partial charge in [-0.25, -0.2) is 4.98 Å². The van der Waals surface area contributed by atoms with Gasteiger partial charge < -0.3 is 15.6 Å². The van der Waals surface area contributed by atoms with Crippen molar-refractivity contribution in [1.29, 1.82) is 0 Å². The van der Waals surface area contributed by atoms with Gasteiger partial charge in [-0.15, -0.1) is 0 Å². The van der Waals surface area contributed by atoms with Crippen molar-refractivity contribution in [1.82, 2.24) is 9.97 Å². The van der Waals surface area contributed by atoms with Crippen LogP contribution in [0, 0.1) is 6.92 Å². The van der Waals surface area contributed by atoms with Crippen molar-refractivity contribution in [2.75, 3.05) is 17.2 Å². The highest BCUT2D eigenvalue weighted by molar-refractivity contribution is 5.78. The van der Waals surface area contributed by atoms with Gasteiger partial charge in [0.15, 0.2) is 0 Å². The molecule has 3 rings (SSSR count). The molecule has 0 fully saturated rings. The van der Waals surface area contributed by atoms with Gasteiger partial charge in [0.05, 0.1) is 17.6 Å². The minimum absolute atomic E-state index is 0.754. The Labute approximate surface area is 124 Å². The average Bonchev–Trinajstić information content (AvgIpc) is 2.87. The first-order valence-corrected chi connectivity index (χ1v) is 7.22. The second kappa shape index (κ2) is 5.48. The molecule has 108 valence electrons. The Morgan fingerprint density at radius 3 is 2.76 bits per heavy atom. The summed E-state index contributed by atoms with van der Waals surface area (Å²) in [7, 11) is 0. The molecule has 0 radical (unpaired) electrons. The van der Waals surface area contributed by atoms with Gasteiger partial charge in [0.25, 0.3) is 0 Å². The summed E-state index contributed by atoms with van der Waals surface area (Å²) in [5.41, 5.74) is 11.0. The zero-order valence-electron chi connectivity index (χ0n) is 12.4. The summed E-state index contributed by atoms with van der Waals surface area (Å²) in [5.74, 6) is 0.959. The molecule has 0 aliphatic rings. The van der Waals surface area contributed by atoms with Crippen LogP contribution >= 0.6 is 0 Å². The zero-order chi connectivity index (χ0) is 14.8. The summed E-state index contributed by atoms with van der Waals surface area (Å²) in [6.07, 6.45) is 0. The first kappa shape index (κ1) is 13.5. The maximum absolute atomic E-state index is 5.81. The Morgan fingerprint density at radius 1 is 1.19 bits per heavy atom. The molecule has 0 saturated carbocycles. The molecule has 0 aliphatic carbocycles. The fraction of sp³-hybridized carbons (Fsp3) is 0.235. The molecule has 0 bridgehead atoms. The van der Waals surface area contributed by atoms with Crippen LogP contribution in [0.15, 0.2) is 42.5 Å². The lowest BCUT2D eigenvalue weighted by molar-refractivity contribution is 0.793. The summed E-state index contributed by atoms with van der Waals surface area (Å²) in [6.45, 7) is 5.99. The molecule has 0 saturated heterocycles. The van der Waals surface area contributed by atoms with E-state index in [4.69, 9.17) is 5.73 Å². The maximum atomic E-state index is 5.81. The number of nitrogens with one attached hydrogen (secondary N) is 1. The van der Waals surface area contributed by atoms with Crippen LogP contribution in [0.5, 0.6) is 0 Å². The van der Waals surface area contributed by atoms with Crippen molar-refractivity contribution < 1.29 is 0 Å². The fourth-order valence-electron chi connectivity index (χ4n) is 2.62. The first-order chi connectivity index (χ1) is 10.2. The summed E-state index contributed by atoms with van der Waals surface area (Å²) in [4.78, 5) is 10.3. The Balaban J connectivity index is 1.90. The molecular weight excluding hydrogens is 260 g/mol. The molecule has 3 N–H and O–H groups in total. The third-order valence-electron chi connectivity index (χ3n) is 3.73. The van der Waals surface area contributed by atoms with Crippen LogP contribution in [-0.2, 0) is 6.54 Å². The summed E-state index contributed by atoms with van der Waals surface area (Å²) < 4.78 is 0. The molecule has 0 unspecified atom stereocenters. The van der Waals surface area contributed by atoms with E-state index in [0.717, 1.165) is 35.6 Å². The number of aromatic nitrogens is 2. The Kier molecular flexibility index (Phi) is 3.52. The highest BCUT2D eigenvalue weighted by atomic mass is 15.2. The first-order valence-electron chi connectivity index (χ1n) is 7.22. The number of hydrogen-bond donors (Lipinski definition) is 2. The zero-order valence-corrected chi connectivity index (χ0v) is 12.4. The molecule has 4 nitrogen and oxygen atoms in total. The SMILES string of the molecule is CCN(Cc1nc2ccc(N)cc2[nH]1)c1ccccc1C. The monoisotopic (exact) mass is 280 g/mol. The number of nitrogen functional groups attached to an aromatic ring is 1. The predicted molar refractivity (Wildman–Crippen MR) is 88.4 cm³/mol. The van der Waals surface area contributed by atoms with E-state index >= 15 is 0 Å². The van der Waals surface area contributed by atoms with E-state index in [-0.39, 0.29) is 0 Å². The molecule has 4 heteroatoms. The van der Waals surface area contributed by atoms with Gasteiger partial charge in [-0.3, -0.25) is 0 Å². The fourth-order valence-corrected chi connectivity index (χ4v) is 2.62. The van der Waals surface area contributed by atoms with Gasteiger partial charge in [0.1, 0.15) is 5.82 Å². The number of anilines is 2. The van der Waals surface area contributed by atoms with Crippen molar-refractivity contribution >= 4 is 22.4 Å². The number of imidazole rings is 1. The number of para-hydroxylation sites is 1. The minimum atomic E-state index is 0.754. The Morgan fingerprint density at radius 2 is 2.00 bits per heavy atom. The molecule has 1 heterocycles. The minimum Gasteiger partial charge on any atom is -0.399 e. The van der Waals surface area contributed by atoms with Crippen LogP contribution in [0.4, 0.5) is 11.4 Å². The van der Waals surface area contributed by atoms with Crippen LogP contribution in [0.1, 0.15) is 18.3 Å². The van der Waals surface area contributed by atoms with E-state index in [1.54, 1.807) is 0 Å². The smallest absolute Gasteiger partial charge is 0.126 e. The van der Waals surface area contributed by atoms with E-state index in [9.17, 15) is 0 Å². The van der Waals surface area contributed by atoms with Gasteiger partial charge in [-0.1, -0.05) is 18.2 Å². The number of H-pyrrole nitrogens is 1. The third kappa shape index (κ3) is 2.70. The molecule has 0 spiro atoms. The van der Waals surface area contributed by atoms with Gasteiger partial charge in [0, 0.05) is 17.9 Å². The number of nitrogens with two attached hydrogens (primary N) is 1. The van der Waals surface area contributed by atoms with Gasteiger partial charge in [0.2, 0.25) is 0 Å². The second-order valence-corrected chi connectivity index (χ2v) is 5.26. The van der Waals surface area contributed by atoms with Gasteiger partial charge in [-0.05, 0) is 43.7 Å². The van der Waals surface area contributed by atoms with Crippen LogP contribution in [0.2, 0.25) is 0 Å². The van der Waals surface area contributed by atoms with Crippen molar-refractivity contribution in [3.63, 3.8) is 0 Å². The molecule has 0 aliphatic heterocycles. The molecule has 1 aromatic heterocycles.